The fourth-order valence-corrected chi connectivity index (χ4v) is 13.9. The fraction of sp³-hybridized carbons (Fsp3) is 0.302. The Kier molecular flexibility index (Phi) is 13.6. The van der Waals surface area contributed by atoms with Crippen LogP contribution in [0.15, 0.2) is 93.5 Å². The molecule has 0 saturated carbocycles. The Labute approximate surface area is 410 Å². The van der Waals surface area contributed by atoms with Gasteiger partial charge in [0.2, 0.25) is 0 Å². The van der Waals surface area contributed by atoms with Crippen LogP contribution in [0.4, 0.5) is 5.69 Å². The van der Waals surface area contributed by atoms with Gasteiger partial charge in [-0.25, -0.2) is 9.88 Å². The second kappa shape index (κ2) is 19.4. The highest BCUT2D eigenvalue weighted by Gasteiger charge is 2.45. The summed E-state index contributed by atoms with van der Waals surface area (Å²) in [6.45, 7) is 8.28. The number of unbranched alkanes of at least 4 members (excludes halogenated alkanes) is 3. The Balaban J connectivity index is 1.20. The molecule has 9 nitrogen and oxygen atoms in total. The van der Waals surface area contributed by atoms with E-state index in [0.29, 0.717) is 54.1 Å². The van der Waals surface area contributed by atoms with E-state index < -0.39 is 29.5 Å². The number of nitrogens with zero attached hydrogens (tertiary/aromatic N) is 3. The zero-order valence-corrected chi connectivity index (χ0v) is 41.9. The number of anilines is 1. The topological polar surface area (TPSA) is 122 Å². The maximum Gasteiger partial charge on any atom is 0.267 e. The lowest BCUT2D eigenvalue weighted by atomic mass is 9.92. The van der Waals surface area contributed by atoms with Crippen molar-refractivity contribution in [1.82, 2.24) is 9.88 Å². The number of benzene rings is 5. The summed E-state index contributed by atoms with van der Waals surface area (Å²) in [5, 5.41) is 1.92. The van der Waals surface area contributed by atoms with E-state index in [-0.39, 0.29) is 35.0 Å². The van der Waals surface area contributed by atoms with Gasteiger partial charge in [0.05, 0.1) is 34.6 Å². The van der Waals surface area contributed by atoms with Crippen molar-refractivity contribution in [3.8, 4) is 0 Å². The van der Waals surface area contributed by atoms with Crippen LogP contribution < -0.4 is 4.90 Å². The Morgan fingerprint density at radius 1 is 0.621 bits per heavy atom. The first-order valence-electron chi connectivity index (χ1n) is 22.6. The average Bonchev–Trinajstić information content (AvgIpc) is 3.74. The number of hydrogen-bond acceptors (Lipinski definition) is 10. The van der Waals surface area contributed by atoms with Gasteiger partial charge in [0.15, 0.2) is 11.6 Å². The molecule has 1 aromatic heterocycles. The summed E-state index contributed by atoms with van der Waals surface area (Å²) in [6, 6.07) is 22.8. The lowest BCUT2D eigenvalue weighted by Crippen LogP contribution is -2.39. The molecule has 3 heterocycles. The number of ketones is 2. The highest BCUT2D eigenvalue weighted by Crippen LogP contribution is 2.49. The van der Waals surface area contributed by atoms with Gasteiger partial charge in [-0.15, -0.1) is 35.3 Å². The van der Waals surface area contributed by atoms with Crippen LogP contribution in [0.2, 0.25) is 0 Å². The van der Waals surface area contributed by atoms with Crippen molar-refractivity contribution in [3.63, 3.8) is 0 Å². The molecule has 0 N–H and O–H groups in total. The summed E-state index contributed by atoms with van der Waals surface area (Å²) in [6.07, 6.45) is 6.01. The van der Waals surface area contributed by atoms with E-state index >= 15 is 9.59 Å². The van der Waals surface area contributed by atoms with Gasteiger partial charge in [0.25, 0.3) is 23.6 Å². The molecular weight excluding hydrogens is 998 g/mol. The number of pyridine rings is 1. The maximum atomic E-state index is 15.3. The number of aromatic nitrogens is 1. The van der Waals surface area contributed by atoms with Crippen molar-refractivity contribution in [2.45, 2.75) is 97.8 Å². The van der Waals surface area contributed by atoms with Crippen molar-refractivity contribution in [3.05, 3.63) is 135 Å². The minimum atomic E-state index is -1.23. The molecule has 0 unspecified atom stereocenters. The van der Waals surface area contributed by atoms with Gasteiger partial charge in [-0.3, -0.25) is 33.7 Å². The van der Waals surface area contributed by atoms with Crippen molar-refractivity contribution >= 4 is 120 Å². The van der Waals surface area contributed by atoms with Gasteiger partial charge in [0.1, 0.15) is 5.92 Å². The molecule has 336 valence electrons. The van der Waals surface area contributed by atoms with Crippen molar-refractivity contribution in [2.75, 3.05) is 22.2 Å². The minimum absolute atomic E-state index is 0.136. The smallest absolute Gasteiger partial charge is 0.267 e. The quantitative estimate of drug-likeness (QED) is 0.0218. The summed E-state index contributed by atoms with van der Waals surface area (Å²) in [4.78, 5) is 97.5. The number of halogens is 1. The van der Waals surface area contributed by atoms with Gasteiger partial charge in [0, 0.05) is 52.1 Å². The molecule has 2 aliphatic heterocycles. The van der Waals surface area contributed by atoms with Gasteiger partial charge >= 0.3 is 0 Å². The molecule has 0 spiro atoms. The van der Waals surface area contributed by atoms with Crippen LogP contribution in [-0.4, -0.2) is 62.3 Å². The van der Waals surface area contributed by atoms with E-state index in [2.05, 4.69) is 43.4 Å². The van der Waals surface area contributed by atoms with Gasteiger partial charge in [-0.2, -0.15) is 0 Å². The number of thioether (sulfide) groups is 3. The highest BCUT2D eigenvalue weighted by molar-refractivity contribution is 14.1. The molecule has 0 atom stereocenters. The Bertz CT molecular complexity index is 3030. The molecule has 4 amide bonds. The largest absolute Gasteiger partial charge is 0.293 e. The van der Waals surface area contributed by atoms with Gasteiger partial charge < -0.3 is 0 Å². The van der Waals surface area contributed by atoms with E-state index in [1.165, 1.54) is 9.80 Å². The SMILES string of the molecule is CCCCSc1c(C)c2c(c(SCCCC)c1SCCCC)C(=O)N(c1ccc(CN3C(=O)c4cccc5cc(CI)cc(c45)C3=O)c3ccc(C4C(=O)c5ccccc5C4=O)nc13)C2=O. The lowest BCUT2D eigenvalue weighted by molar-refractivity contribution is 0.0597. The summed E-state index contributed by atoms with van der Waals surface area (Å²) >= 11 is 7.42. The third-order valence-electron chi connectivity index (χ3n) is 12.6. The van der Waals surface area contributed by atoms with Crippen LogP contribution in [-0.2, 0) is 11.0 Å². The van der Waals surface area contributed by atoms with E-state index in [4.69, 9.17) is 4.98 Å². The number of carbonyl (C=O) groups is 6. The molecule has 3 aliphatic rings. The Hall–Kier alpha value is -4.83. The number of hydrogen-bond donors (Lipinski definition) is 0. The maximum absolute atomic E-state index is 15.3. The normalized spacial score (nSPS) is 14.7. The molecule has 0 saturated heterocycles. The first kappa shape index (κ1) is 46.3. The van der Waals surface area contributed by atoms with E-state index in [1.54, 1.807) is 89.9 Å². The third-order valence-corrected chi connectivity index (χ3v) is 17.4. The van der Waals surface area contributed by atoms with Crippen LogP contribution in [0.1, 0.15) is 150 Å². The molecule has 0 bridgehead atoms. The summed E-state index contributed by atoms with van der Waals surface area (Å²) in [5.74, 6) is -1.23. The monoisotopic (exact) mass is 1050 g/mol. The molecule has 13 heteroatoms. The zero-order valence-electron chi connectivity index (χ0n) is 37.3. The Morgan fingerprint density at radius 3 is 1.88 bits per heavy atom. The van der Waals surface area contributed by atoms with Crippen LogP contribution in [0.3, 0.4) is 0 Å². The van der Waals surface area contributed by atoms with Crippen molar-refractivity contribution in [1.29, 1.82) is 0 Å². The lowest BCUT2D eigenvalue weighted by Gasteiger charge is -2.28. The van der Waals surface area contributed by atoms with Crippen LogP contribution in [0.5, 0.6) is 0 Å². The van der Waals surface area contributed by atoms with Crippen molar-refractivity contribution in [2.24, 2.45) is 0 Å². The fourth-order valence-electron chi connectivity index (χ4n) is 9.18. The molecule has 5 aromatic carbocycles. The van der Waals surface area contributed by atoms with Crippen LogP contribution in [0.25, 0.3) is 21.7 Å². The number of imide groups is 2. The number of carbonyl (C=O) groups excluding carboxylic acids is 6. The molecule has 1 aliphatic carbocycles. The first-order chi connectivity index (χ1) is 32.0. The van der Waals surface area contributed by atoms with E-state index in [1.807, 2.05) is 31.2 Å². The number of alkyl halides is 1. The van der Waals surface area contributed by atoms with Gasteiger partial charge in [-0.1, -0.05) is 117 Å². The first-order valence-corrected chi connectivity index (χ1v) is 27.1. The van der Waals surface area contributed by atoms with E-state index in [9.17, 15) is 19.2 Å². The summed E-state index contributed by atoms with van der Waals surface area (Å²) < 4.78 is 0.678. The number of amides is 4. The summed E-state index contributed by atoms with van der Waals surface area (Å²) in [5.41, 5.74) is 5.13. The highest BCUT2D eigenvalue weighted by atomic mass is 127. The van der Waals surface area contributed by atoms with Crippen molar-refractivity contribution < 1.29 is 28.8 Å². The van der Waals surface area contributed by atoms with Gasteiger partial charge in [-0.05, 0) is 89.8 Å². The molecule has 66 heavy (non-hydrogen) atoms. The third kappa shape index (κ3) is 7.90. The molecule has 9 rings (SSSR count). The predicted molar refractivity (Wildman–Crippen MR) is 275 cm³/mol. The second-order valence-corrected chi connectivity index (χ2v) is 21.0. The number of fused-ring (bicyclic) bond motifs is 3. The van der Waals surface area contributed by atoms with E-state index in [0.717, 1.165) is 87.0 Å². The molecule has 0 radical (unpaired) electrons. The summed E-state index contributed by atoms with van der Waals surface area (Å²) in [7, 11) is 0. The van der Waals surface area contributed by atoms with Crippen LogP contribution in [0, 0.1) is 6.92 Å². The average molecular weight is 1050 g/mol. The molecular formula is C53H48IN3O6S3. The van der Waals surface area contributed by atoms with Crippen LogP contribution >= 0.6 is 57.9 Å². The standard InChI is InChI=1S/C53H48IN3O6S3/c1-5-8-22-64-47-29(4)40-43(48(65-23-9-6-2)49(47)66-24-10-7-3)53(63)57(52(40)62)39-21-18-32(28-56-50(60)36-17-13-14-31-25-30(27-54)26-37(41(31)36)51(56)61)33-19-20-38(55-44(33)39)42-45(58)34-15-11-12-16-35(34)46(42)59/h11-21,25-26,42H,5-10,22-24,27-28H2,1-4H3. The second-order valence-electron chi connectivity index (χ2n) is 16.9. The number of Topliss-reactive ketones (excluding diaryl/α,β-unsaturated/α-hetero) is 2. The zero-order chi connectivity index (χ0) is 46.4. The minimum Gasteiger partial charge on any atom is -0.293 e. The molecule has 6 aromatic rings. The number of rotatable bonds is 17. The molecule has 0 fully saturated rings. The predicted octanol–water partition coefficient (Wildman–Crippen LogP) is 13.1. The Morgan fingerprint density at radius 2 is 1.23 bits per heavy atom.